The van der Waals surface area contributed by atoms with Crippen molar-refractivity contribution in [3.63, 3.8) is 0 Å². The van der Waals surface area contributed by atoms with Crippen molar-refractivity contribution in [2.24, 2.45) is 5.73 Å². The Bertz CT molecular complexity index is 2000. The summed E-state index contributed by atoms with van der Waals surface area (Å²) in [5.41, 5.74) is 13.4. The molecule has 50 heavy (non-hydrogen) atoms. The molecule has 3 heterocycles. The molecule has 0 bridgehead atoms. The molecule has 3 aromatic rings. The van der Waals surface area contributed by atoms with E-state index in [1.165, 1.54) is 28.6 Å². The lowest BCUT2D eigenvalue weighted by Crippen LogP contribution is -2.32. The number of benzene rings is 2. The van der Waals surface area contributed by atoms with Gasteiger partial charge >= 0.3 is 5.97 Å². The van der Waals surface area contributed by atoms with Gasteiger partial charge in [-0.05, 0) is 70.4 Å². The largest absolute Gasteiger partial charge is 0.480 e. The van der Waals surface area contributed by atoms with E-state index in [0.29, 0.717) is 18.8 Å². The predicted molar refractivity (Wildman–Crippen MR) is 196 cm³/mol. The van der Waals surface area contributed by atoms with Gasteiger partial charge in [-0.25, -0.2) is 0 Å². The second-order valence-electron chi connectivity index (χ2n) is 14.2. The van der Waals surface area contributed by atoms with Gasteiger partial charge in [0.15, 0.2) is 5.71 Å². The first-order valence-corrected chi connectivity index (χ1v) is 18.6. The highest BCUT2D eigenvalue weighted by molar-refractivity contribution is 7.85. The van der Waals surface area contributed by atoms with E-state index in [1.54, 1.807) is 23.0 Å². The Labute approximate surface area is 295 Å². The molecule has 11 nitrogen and oxygen atoms in total. The van der Waals surface area contributed by atoms with Crippen LogP contribution in [0.3, 0.4) is 0 Å². The summed E-state index contributed by atoms with van der Waals surface area (Å²) < 4.78 is 37.8. The average molecular weight is 702 g/mol. The number of aliphatic carboxylic acids is 1. The van der Waals surface area contributed by atoms with Crippen molar-refractivity contribution in [3.05, 3.63) is 101 Å². The van der Waals surface area contributed by atoms with Gasteiger partial charge in [0.25, 0.3) is 10.1 Å². The van der Waals surface area contributed by atoms with Gasteiger partial charge in [-0.15, -0.1) is 5.10 Å². The Kier molecular flexibility index (Phi) is 10.7. The Morgan fingerprint density at radius 3 is 2.48 bits per heavy atom. The van der Waals surface area contributed by atoms with Crippen molar-refractivity contribution in [3.8, 4) is 0 Å². The number of nitrogens with zero attached hydrogens (tertiary/aromatic N) is 5. The minimum Gasteiger partial charge on any atom is -0.480 e. The summed E-state index contributed by atoms with van der Waals surface area (Å²) in [7, 11) is -4.36. The lowest BCUT2D eigenvalue weighted by Gasteiger charge is -2.25. The Hall–Kier alpha value is -4.39. The van der Waals surface area contributed by atoms with Gasteiger partial charge in [0, 0.05) is 66.6 Å². The van der Waals surface area contributed by atoms with Gasteiger partial charge in [-0.2, -0.15) is 13.0 Å². The van der Waals surface area contributed by atoms with Gasteiger partial charge in [0.2, 0.25) is 5.69 Å². The summed E-state index contributed by atoms with van der Waals surface area (Å²) in [6.45, 7) is 15.2. The summed E-state index contributed by atoms with van der Waals surface area (Å²) in [6.07, 6.45) is 14.9. The molecule has 1 aromatic heterocycles. The number of likely N-dealkylation sites (N-methyl/N-ethyl adjacent to an activating group) is 1. The molecule has 0 unspecified atom stereocenters. The standard InChI is InChI=1S/C38H48N6O5S/c1-7-43-32-18-16-26(2)22-29(32)37(3,4)34(43)14-10-8-11-15-35-38(5,6)30-24-28(50(47,48)49)17-19-33(30)44(35)21-13-9-12-20-42-25-27(40-41-42)23-31(39)36(45)46/h8,10-11,14-19,22,24-25,31H,7,9,12-13,20-21,23,39H2,1-6H3,(H-,45,46,47,48,49)/p+1/t31-/m1/s1. The summed E-state index contributed by atoms with van der Waals surface area (Å²) in [5, 5.41) is 17.2. The van der Waals surface area contributed by atoms with E-state index in [2.05, 4.69) is 97.8 Å². The number of unbranched alkanes of at least 4 members (excludes halogenated alkanes) is 2. The van der Waals surface area contributed by atoms with Crippen LogP contribution in [0.4, 0.5) is 11.4 Å². The second-order valence-corrected chi connectivity index (χ2v) is 15.6. The molecule has 2 aliphatic heterocycles. The zero-order chi connectivity index (χ0) is 36.4. The van der Waals surface area contributed by atoms with Crippen LogP contribution in [0.1, 0.15) is 76.3 Å². The van der Waals surface area contributed by atoms with Crippen molar-refractivity contribution in [2.75, 3.05) is 18.0 Å². The zero-order valence-electron chi connectivity index (χ0n) is 29.8. The molecule has 1 atom stereocenters. The molecule has 0 spiro atoms. The Morgan fingerprint density at radius 2 is 1.78 bits per heavy atom. The van der Waals surface area contributed by atoms with E-state index in [0.717, 1.165) is 42.8 Å². The van der Waals surface area contributed by atoms with Crippen molar-refractivity contribution in [1.82, 2.24) is 15.0 Å². The zero-order valence-corrected chi connectivity index (χ0v) is 30.6. The van der Waals surface area contributed by atoms with Crippen LogP contribution in [0.2, 0.25) is 0 Å². The topological polar surface area (TPSA) is 155 Å². The molecule has 0 saturated heterocycles. The maximum atomic E-state index is 12.0. The van der Waals surface area contributed by atoms with Gasteiger partial charge in [0.05, 0.1) is 16.0 Å². The average Bonchev–Trinajstić information content (AvgIpc) is 3.65. The molecule has 4 N–H and O–H groups in total. The number of aromatic nitrogens is 3. The summed E-state index contributed by atoms with van der Waals surface area (Å²) in [6, 6.07) is 10.5. The maximum absolute atomic E-state index is 12.0. The molecule has 0 amide bonds. The van der Waals surface area contributed by atoms with Crippen LogP contribution in [-0.4, -0.2) is 68.5 Å². The van der Waals surface area contributed by atoms with E-state index >= 15 is 0 Å². The molecule has 0 fully saturated rings. The predicted octanol–water partition coefficient (Wildman–Crippen LogP) is 5.85. The number of carbonyl (C=O) groups is 1. The number of carboxylic acid groups (broad SMARTS) is 1. The maximum Gasteiger partial charge on any atom is 0.320 e. The third kappa shape index (κ3) is 7.52. The third-order valence-electron chi connectivity index (χ3n) is 9.86. The highest BCUT2D eigenvalue weighted by Crippen LogP contribution is 2.48. The SMILES string of the molecule is CCN1/C(=C/C=C/C=C/C2=[N+](CCCCCn3cc(C[C@@H](N)C(=O)O)nn3)c3ccc(S(=O)(=O)O)cc3C2(C)C)C(C)(C)c2cc(C)ccc21. The van der Waals surface area contributed by atoms with E-state index in [1.807, 2.05) is 12.2 Å². The second kappa shape index (κ2) is 14.5. The number of hydrogen-bond donors (Lipinski definition) is 3. The number of rotatable bonds is 14. The number of hydrogen-bond acceptors (Lipinski definition) is 7. The summed E-state index contributed by atoms with van der Waals surface area (Å²) in [5.74, 6) is -1.07. The Balaban J connectivity index is 1.33. The van der Waals surface area contributed by atoms with Crippen LogP contribution in [0.5, 0.6) is 0 Å². The van der Waals surface area contributed by atoms with Crippen LogP contribution >= 0.6 is 0 Å². The minimum absolute atomic E-state index is 0.117. The van der Waals surface area contributed by atoms with Crippen LogP contribution in [0, 0.1) is 6.92 Å². The van der Waals surface area contributed by atoms with Crippen LogP contribution in [0.15, 0.2) is 83.6 Å². The first-order valence-electron chi connectivity index (χ1n) is 17.1. The molecular weight excluding hydrogens is 653 g/mol. The smallest absolute Gasteiger partial charge is 0.320 e. The van der Waals surface area contributed by atoms with Crippen LogP contribution < -0.4 is 10.6 Å². The molecule has 2 aliphatic rings. The molecule has 2 aromatic carbocycles. The lowest BCUT2D eigenvalue weighted by molar-refractivity contribution is -0.438. The van der Waals surface area contributed by atoms with E-state index in [-0.39, 0.29) is 16.7 Å². The van der Waals surface area contributed by atoms with Crippen LogP contribution in [-0.2, 0) is 38.7 Å². The number of fused-ring (bicyclic) bond motifs is 2. The summed E-state index contributed by atoms with van der Waals surface area (Å²) in [4.78, 5) is 13.3. The highest BCUT2D eigenvalue weighted by Gasteiger charge is 2.45. The summed E-state index contributed by atoms with van der Waals surface area (Å²) >= 11 is 0. The fourth-order valence-corrected chi connectivity index (χ4v) is 7.62. The van der Waals surface area contributed by atoms with Gasteiger partial charge in [0.1, 0.15) is 12.6 Å². The molecule has 0 saturated carbocycles. The van der Waals surface area contributed by atoms with Crippen molar-refractivity contribution < 1.29 is 27.4 Å². The normalized spacial score (nSPS) is 18.1. The molecular formula is C38H49N6O5S+. The molecule has 0 radical (unpaired) electrons. The van der Waals surface area contributed by atoms with Crippen molar-refractivity contribution in [1.29, 1.82) is 0 Å². The fourth-order valence-electron chi connectivity index (χ4n) is 7.12. The van der Waals surface area contributed by atoms with Crippen LogP contribution in [0.25, 0.3) is 0 Å². The molecule has 0 aliphatic carbocycles. The number of carboxylic acids is 1. The Morgan fingerprint density at radius 1 is 1.02 bits per heavy atom. The number of anilines is 1. The number of allylic oxidation sites excluding steroid dienone is 6. The quantitative estimate of drug-likeness (QED) is 0.0813. The van der Waals surface area contributed by atoms with Gasteiger partial charge in [-0.1, -0.05) is 55.0 Å². The lowest BCUT2D eigenvalue weighted by atomic mass is 9.81. The van der Waals surface area contributed by atoms with E-state index in [4.69, 9.17) is 10.8 Å². The molecule has 12 heteroatoms. The number of nitrogens with two attached hydrogens (primary N) is 1. The van der Waals surface area contributed by atoms with Gasteiger partial charge in [-0.3, -0.25) is 14.0 Å². The van der Waals surface area contributed by atoms with Crippen molar-refractivity contribution >= 4 is 33.2 Å². The minimum atomic E-state index is -4.36. The van der Waals surface area contributed by atoms with Crippen molar-refractivity contribution in [2.45, 2.75) is 95.5 Å². The first kappa shape index (κ1) is 36.9. The van der Waals surface area contributed by atoms with Gasteiger partial charge < -0.3 is 15.7 Å². The van der Waals surface area contributed by atoms with E-state index in [9.17, 15) is 17.8 Å². The third-order valence-corrected chi connectivity index (χ3v) is 10.7. The monoisotopic (exact) mass is 701 g/mol. The van der Waals surface area contributed by atoms with E-state index < -0.39 is 27.5 Å². The fraction of sp³-hybridized carbons (Fsp3) is 0.421. The molecule has 266 valence electrons. The first-order chi connectivity index (χ1) is 23.5. The highest BCUT2D eigenvalue weighted by atomic mass is 32.2. The number of aryl methyl sites for hydroxylation is 2. The molecule has 5 rings (SSSR count).